The second kappa shape index (κ2) is 10.9. The molecular weight excluding hydrogens is 565 g/mol. The maximum absolute atomic E-state index is 15.0. The second-order valence-corrected chi connectivity index (χ2v) is 10.0. The average molecular weight is 586 g/mol. The number of anilines is 1. The van der Waals surface area contributed by atoms with E-state index >= 15 is 4.39 Å². The fraction of sp³-hybridized carbons (Fsp3) is 0.192. The lowest BCUT2D eigenvalue weighted by molar-refractivity contribution is 0.0686. The summed E-state index contributed by atoms with van der Waals surface area (Å²) in [5.41, 5.74) is 3.43. The van der Waals surface area contributed by atoms with E-state index in [0.29, 0.717) is 26.6 Å². The van der Waals surface area contributed by atoms with E-state index in [1.54, 1.807) is 0 Å². The summed E-state index contributed by atoms with van der Waals surface area (Å²) >= 11 is 7.61. The summed E-state index contributed by atoms with van der Waals surface area (Å²) in [6, 6.07) is 6.58. The Morgan fingerprint density at radius 2 is 1.98 bits per heavy atom. The third-order valence-electron chi connectivity index (χ3n) is 5.79. The number of hydrogen-bond donors (Lipinski definition) is 2. The van der Waals surface area contributed by atoms with Gasteiger partial charge in [0.1, 0.15) is 34.5 Å². The van der Waals surface area contributed by atoms with Gasteiger partial charge in [-0.3, -0.25) is 5.32 Å². The number of rotatable bonds is 8. The number of ether oxygens (including phenoxy) is 3. The number of aryl methyl sites for hydroxylation is 2. The Kier molecular flexibility index (Phi) is 7.41. The van der Waals surface area contributed by atoms with Crippen LogP contribution < -0.4 is 14.8 Å². The lowest BCUT2D eigenvalue weighted by Crippen LogP contribution is -2.17. The van der Waals surface area contributed by atoms with Crippen molar-refractivity contribution in [3.05, 3.63) is 58.8 Å². The minimum Gasteiger partial charge on any atom is -0.487 e. The highest BCUT2D eigenvalue weighted by atomic mass is 35.5. The lowest BCUT2D eigenvalue weighted by Gasteiger charge is -2.09. The minimum atomic E-state index is -1.13. The van der Waals surface area contributed by atoms with Crippen LogP contribution in [0.15, 0.2) is 36.7 Å². The molecule has 3 heterocycles. The van der Waals surface area contributed by atoms with E-state index in [2.05, 4.69) is 20.3 Å². The standard InChI is InChI=1S/C26H21ClFN5O6S/c1-12-6-14(22-15(7-12)31-19(37-3)10-29-22)24-32-23-18(40-24)9-17(21(28)20(23)27)38-4-5-39-26(36)30-13-8-16(25(34)35)33(2)11-13/h6-11H,4-5H2,1-3H3,(H,30,36)(H,34,35). The number of aromatic nitrogens is 4. The van der Waals surface area contributed by atoms with E-state index in [4.69, 9.17) is 30.9 Å². The molecule has 0 aliphatic carbocycles. The van der Waals surface area contributed by atoms with E-state index in [0.717, 1.165) is 11.1 Å². The van der Waals surface area contributed by atoms with Gasteiger partial charge >= 0.3 is 12.1 Å². The van der Waals surface area contributed by atoms with Gasteiger partial charge in [0, 0.05) is 24.9 Å². The number of aromatic carboxylic acids is 1. The zero-order valence-electron chi connectivity index (χ0n) is 21.3. The smallest absolute Gasteiger partial charge is 0.411 e. The van der Waals surface area contributed by atoms with Gasteiger partial charge in [0.2, 0.25) is 5.88 Å². The molecule has 0 bridgehead atoms. The molecule has 2 aromatic carbocycles. The SMILES string of the molecule is COc1cnc2c(-c3nc4c(Cl)c(F)c(OCCOC(=O)Nc5cc(C(=O)O)n(C)c5)cc4s3)cc(C)cc2n1. The Labute approximate surface area is 235 Å². The van der Waals surface area contributed by atoms with Gasteiger partial charge < -0.3 is 23.9 Å². The number of hydrogen-bond acceptors (Lipinski definition) is 9. The number of fused-ring (bicyclic) bond motifs is 2. The monoisotopic (exact) mass is 585 g/mol. The highest BCUT2D eigenvalue weighted by molar-refractivity contribution is 7.21. The quantitative estimate of drug-likeness (QED) is 0.220. The number of carbonyl (C=O) groups excluding carboxylic acids is 1. The predicted octanol–water partition coefficient (Wildman–Crippen LogP) is 5.68. The Balaban J connectivity index is 1.30. The van der Waals surface area contributed by atoms with Crippen molar-refractivity contribution >= 4 is 61.9 Å². The van der Waals surface area contributed by atoms with Crippen LogP contribution in [0.1, 0.15) is 16.1 Å². The Bertz CT molecular complexity index is 1790. The molecule has 0 saturated carbocycles. The van der Waals surface area contributed by atoms with Crippen molar-refractivity contribution in [3.8, 4) is 22.2 Å². The number of amides is 1. The van der Waals surface area contributed by atoms with E-state index in [1.807, 2.05) is 19.1 Å². The zero-order valence-corrected chi connectivity index (χ0v) is 22.9. The van der Waals surface area contributed by atoms with Crippen LogP contribution >= 0.6 is 22.9 Å². The molecule has 0 spiro atoms. The summed E-state index contributed by atoms with van der Waals surface area (Å²) < 4.78 is 32.7. The number of benzene rings is 2. The fourth-order valence-electron chi connectivity index (χ4n) is 4.00. The zero-order chi connectivity index (χ0) is 28.6. The number of nitrogens with one attached hydrogen (secondary N) is 1. The highest BCUT2D eigenvalue weighted by Crippen LogP contribution is 2.40. The van der Waals surface area contributed by atoms with Gasteiger partial charge in [-0.2, -0.15) is 0 Å². The largest absolute Gasteiger partial charge is 0.487 e. The molecule has 0 aliphatic rings. The molecule has 0 radical (unpaired) electrons. The van der Waals surface area contributed by atoms with Gasteiger partial charge in [-0.25, -0.2) is 28.9 Å². The van der Waals surface area contributed by atoms with E-state index in [-0.39, 0.29) is 40.9 Å². The number of halogens is 2. The first-order chi connectivity index (χ1) is 19.1. The lowest BCUT2D eigenvalue weighted by atomic mass is 10.1. The van der Waals surface area contributed by atoms with Crippen LogP contribution in [0.4, 0.5) is 14.9 Å². The Morgan fingerprint density at radius 3 is 2.70 bits per heavy atom. The summed E-state index contributed by atoms with van der Waals surface area (Å²) in [6.07, 6.45) is 2.13. The molecule has 3 aromatic heterocycles. The van der Waals surface area contributed by atoms with Crippen LogP contribution in [-0.2, 0) is 11.8 Å². The number of carboxylic acids is 1. The normalized spacial score (nSPS) is 11.1. The fourth-order valence-corrected chi connectivity index (χ4v) is 5.31. The van der Waals surface area contributed by atoms with Gasteiger partial charge in [-0.1, -0.05) is 11.6 Å². The second-order valence-electron chi connectivity index (χ2n) is 8.60. The third-order valence-corrected chi connectivity index (χ3v) is 7.17. The Hall–Kier alpha value is -4.49. The van der Waals surface area contributed by atoms with Crippen LogP contribution in [-0.4, -0.2) is 57.0 Å². The summed E-state index contributed by atoms with van der Waals surface area (Å²) in [7, 11) is 3.05. The maximum Gasteiger partial charge on any atom is 0.411 e. The first kappa shape index (κ1) is 27.1. The summed E-state index contributed by atoms with van der Waals surface area (Å²) in [5.74, 6) is -1.66. The minimum absolute atomic E-state index is 0.00338. The summed E-state index contributed by atoms with van der Waals surface area (Å²) in [5, 5.41) is 11.9. The highest BCUT2D eigenvalue weighted by Gasteiger charge is 2.20. The molecule has 5 aromatic rings. The van der Waals surface area contributed by atoms with Crippen molar-refractivity contribution in [2.45, 2.75) is 6.92 Å². The van der Waals surface area contributed by atoms with Crippen molar-refractivity contribution in [3.63, 3.8) is 0 Å². The van der Waals surface area contributed by atoms with Gasteiger partial charge in [0.15, 0.2) is 11.6 Å². The Morgan fingerprint density at radius 1 is 1.18 bits per heavy atom. The summed E-state index contributed by atoms with van der Waals surface area (Å²) in [4.78, 5) is 36.7. The van der Waals surface area contributed by atoms with Crippen LogP contribution in [0.25, 0.3) is 31.8 Å². The van der Waals surface area contributed by atoms with Crippen molar-refractivity contribution in [2.75, 3.05) is 25.6 Å². The van der Waals surface area contributed by atoms with Crippen molar-refractivity contribution in [2.24, 2.45) is 7.05 Å². The van der Waals surface area contributed by atoms with Gasteiger partial charge in [0.25, 0.3) is 0 Å². The molecule has 40 heavy (non-hydrogen) atoms. The molecular formula is C26H21ClFN5O6S. The number of thiazole rings is 1. The first-order valence-electron chi connectivity index (χ1n) is 11.7. The number of carbonyl (C=O) groups is 2. The molecule has 206 valence electrons. The topological polar surface area (TPSA) is 138 Å². The molecule has 0 atom stereocenters. The molecule has 14 heteroatoms. The molecule has 0 aliphatic heterocycles. The van der Waals surface area contributed by atoms with E-state index in [9.17, 15) is 9.59 Å². The summed E-state index contributed by atoms with van der Waals surface area (Å²) in [6.45, 7) is 1.56. The number of methoxy groups -OCH3 is 1. The molecule has 0 fully saturated rings. The van der Waals surface area contributed by atoms with E-state index < -0.39 is 17.9 Å². The van der Waals surface area contributed by atoms with Gasteiger partial charge in [0.05, 0.1) is 34.7 Å². The average Bonchev–Trinajstić information content (AvgIpc) is 3.51. The molecule has 1 amide bonds. The first-order valence-corrected chi connectivity index (χ1v) is 12.9. The van der Waals surface area contributed by atoms with Gasteiger partial charge in [-0.05, 0) is 30.7 Å². The maximum atomic E-state index is 15.0. The van der Waals surface area contributed by atoms with Crippen LogP contribution in [0, 0.1) is 12.7 Å². The van der Waals surface area contributed by atoms with Crippen molar-refractivity contribution in [1.29, 1.82) is 0 Å². The molecule has 2 N–H and O–H groups in total. The molecule has 5 rings (SSSR count). The van der Waals surface area contributed by atoms with Crippen LogP contribution in [0.2, 0.25) is 5.02 Å². The number of nitrogens with zero attached hydrogens (tertiary/aromatic N) is 4. The van der Waals surface area contributed by atoms with Crippen molar-refractivity contribution in [1.82, 2.24) is 19.5 Å². The molecule has 11 nitrogen and oxygen atoms in total. The van der Waals surface area contributed by atoms with Gasteiger partial charge in [-0.15, -0.1) is 11.3 Å². The molecule has 0 saturated heterocycles. The van der Waals surface area contributed by atoms with Crippen molar-refractivity contribution < 1.29 is 33.3 Å². The van der Waals surface area contributed by atoms with Crippen LogP contribution in [0.5, 0.6) is 11.6 Å². The predicted molar refractivity (Wildman–Crippen MR) is 147 cm³/mol. The number of carboxylic acid groups (broad SMARTS) is 1. The molecule has 0 unspecified atom stereocenters. The van der Waals surface area contributed by atoms with E-state index in [1.165, 1.54) is 54.6 Å². The third kappa shape index (κ3) is 5.33. The van der Waals surface area contributed by atoms with Crippen LogP contribution in [0.3, 0.4) is 0 Å².